The summed E-state index contributed by atoms with van der Waals surface area (Å²) in [6.07, 6.45) is 5.25. The summed E-state index contributed by atoms with van der Waals surface area (Å²) in [5.74, 6) is 0. The maximum absolute atomic E-state index is 4.25. The van der Waals surface area contributed by atoms with Crippen LogP contribution in [0.2, 0.25) is 0 Å². The Hall–Kier alpha value is -2.14. The van der Waals surface area contributed by atoms with Crippen LogP contribution in [0.15, 0.2) is 48.9 Å². The van der Waals surface area contributed by atoms with Gasteiger partial charge < -0.3 is 0 Å². The van der Waals surface area contributed by atoms with Crippen molar-refractivity contribution in [1.82, 2.24) is 20.2 Å². The molecule has 0 aromatic carbocycles. The Labute approximate surface area is 102 Å². The first kappa shape index (κ1) is 10.0. The molecule has 5 heteroatoms. The Morgan fingerprint density at radius 2 is 1.65 bits per heavy atom. The second-order valence-corrected chi connectivity index (χ2v) is 4.34. The fraction of sp³-hybridized carbons (Fsp3) is 0. The van der Waals surface area contributed by atoms with Crippen LogP contribution < -0.4 is 0 Å². The molecule has 17 heavy (non-hydrogen) atoms. The van der Waals surface area contributed by atoms with Gasteiger partial charge in [0.25, 0.3) is 0 Å². The maximum atomic E-state index is 4.25. The molecule has 0 aliphatic heterocycles. The van der Waals surface area contributed by atoms with Gasteiger partial charge in [-0.25, -0.2) is 0 Å². The van der Waals surface area contributed by atoms with E-state index in [4.69, 9.17) is 0 Å². The molecule has 0 unspecified atom stereocenters. The minimum atomic E-state index is 0.831. The van der Waals surface area contributed by atoms with Gasteiger partial charge in [-0.1, -0.05) is 17.4 Å². The highest BCUT2D eigenvalue weighted by Crippen LogP contribution is 2.27. The fourth-order valence-electron chi connectivity index (χ4n) is 1.43. The summed E-state index contributed by atoms with van der Waals surface area (Å²) in [6, 6.07) is 9.59. The lowest BCUT2D eigenvalue weighted by Gasteiger charge is -1.92. The standard InChI is InChI=1S/C12H8N4S/c1-2-6-14-10(3-1)12-16-15-11(17-12)9-4-7-13-8-5-9/h1-8H. The van der Waals surface area contributed by atoms with Crippen molar-refractivity contribution in [2.45, 2.75) is 0 Å². The van der Waals surface area contributed by atoms with Gasteiger partial charge in [-0.3, -0.25) is 9.97 Å². The lowest BCUT2D eigenvalue weighted by molar-refractivity contribution is 1.09. The summed E-state index contributed by atoms with van der Waals surface area (Å²) in [4.78, 5) is 8.23. The lowest BCUT2D eigenvalue weighted by Crippen LogP contribution is -1.80. The highest BCUT2D eigenvalue weighted by Gasteiger charge is 2.08. The molecule has 3 aromatic heterocycles. The zero-order valence-electron chi connectivity index (χ0n) is 8.82. The predicted octanol–water partition coefficient (Wildman–Crippen LogP) is 2.66. The normalized spacial score (nSPS) is 10.4. The van der Waals surface area contributed by atoms with Gasteiger partial charge in [0.15, 0.2) is 5.01 Å². The van der Waals surface area contributed by atoms with Crippen molar-refractivity contribution in [3.8, 4) is 21.3 Å². The molecule has 3 rings (SSSR count). The molecule has 82 valence electrons. The average molecular weight is 240 g/mol. The Balaban J connectivity index is 1.99. The molecule has 0 saturated carbocycles. The third-order valence-electron chi connectivity index (χ3n) is 2.24. The van der Waals surface area contributed by atoms with E-state index < -0.39 is 0 Å². The van der Waals surface area contributed by atoms with Crippen LogP contribution in [0.25, 0.3) is 21.3 Å². The van der Waals surface area contributed by atoms with Crippen LogP contribution in [0, 0.1) is 0 Å². The molecule has 0 spiro atoms. The van der Waals surface area contributed by atoms with Crippen LogP contribution in [0.5, 0.6) is 0 Å². The first-order valence-corrected chi connectivity index (χ1v) is 5.90. The largest absolute Gasteiger partial charge is 0.265 e. The molecular formula is C12H8N4S. The number of nitrogens with zero attached hydrogens (tertiary/aromatic N) is 4. The van der Waals surface area contributed by atoms with E-state index in [1.807, 2.05) is 30.3 Å². The predicted molar refractivity (Wildman–Crippen MR) is 66.4 cm³/mol. The molecule has 0 atom stereocenters. The summed E-state index contributed by atoms with van der Waals surface area (Å²) in [6.45, 7) is 0. The molecule has 0 amide bonds. The number of rotatable bonds is 2. The lowest BCUT2D eigenvalue weighted by atomic mass is 10.3. The van der Waals surface area contributed by atoms with Crippen molar-refractivity contribution >= 4 is 11.3 Å². The third kappa shape index (κ3) is 2.05. The molecular weight excluding hydrogens is 232 g/mol. The molecule has 0 N–H and O–H groups in total. The topological polar surface area (TPSA) is 51.6 Å². The molecule has 0 aliphatic carbocycles. The van der Waals surface area contributed by atoms with Crippen LogP contribution in [-0.4, -0.2) is 20.2 Å². The molecule has 0 bridgehead atoms. The second-order valence-electron chi connectivity index (χ2n) is 3.36. The summed E-state index contributed by atoms with van der Waals surface area (Å²) < 4.78 is 0. The quantitative estimate of drug-likeness (QED) is 0.691. The summed E-state index contributed by atoms with van der Waals surface area (Å²) in [7, 11) is 0. The van der Waals surface area contributed by atoms with Gasteiger partial charge in [0.1, 0.15) is 10.7 Å². The summed E-state index contributed by atoms with van der Waals surface area (Å²) in [5, 5.41) is 10.0. The van der Waals surface area contributed by atoms with Crippen LogP contribution in [0.1, 0.15) is 0 Å². The zero-order chi connectivity index (χ0) is 11.5. The zero-order valence-corrected chi connectivity index (χ0v) is 9.63. The first-order chi connectivity index (χ1) is 8.43. The van der Waals surface area contributed by atoms with Gasteiger partial charge in [0.2, 0.25) is 0 Å². The molecule has 0 fully saturated rings. The van der Waals surface area contributed by atoms with E-state index in [0.717, 1.165) is 21.3 Å². The molecule has 3 heterocycles. The van der Waals surface area contributed by atoms with Crippen LogP contribution in [0.4, 0.5) is 0 Å². The molecule has 0 saturated heterocycles. The Morgan fingerprint density at radius 3 is 2.41 bits per heavy atom. The van der Waals surface area contributed by atoms with Crippen molar-refractivity contribution in [2.24, 2.45) is 0 Å². The summed E-state index contributed by atoms with van der Waals surface area (Å²) >= 11 is 1.53. The van der Waals surface area contributed by atoms with Gasteiger partial charge >= 0.3 is 0 Å². The van der Waals surface area contributed by atoms with E-state index in [1.165, 1.54) is 11.3 Å². The van der Waals surface area contributed by atoms with Crippen molar-refractivity contribution in [3.05, 3.63) is 48.9 Å². The maximum Gasteiger partial charge on any atom is 0.166 e. The monoisotopic (exact) mass is 240 g/mol. The first-order valence-electron chi connectivity index (χ1n) is 5.09. The fourth-order valence-corrected chi connectivity index (χ4v) is 2.25. The minimum Gasteiger partial charge on any atom is -0.265 e. The minimum absolute atomic E-state index is 0.831. The highest BCUT2D eigenvalue weighted by atomic mass is 32.1. The number of hydrogen-bond donors (Lipinski definition) is 0. The molecule has 0 radical (unpaired) electrons. The Morgan fingerprint density at radius 1 is 0.824 bits per heavy atom. The van der Waals surface area contributed by atoms with Crippen molar-refractivity contribution in [3.63, 3.8) is 0 Å². The number of hydrogen-bond acceptors (Lipinski definition) is 5. The van der Waals surface area contributed by atoms with E-state index >= 15 is 0 Å². The van der Waals surface area contributed by atoms with Crippen LogP contribution >= 0.6 is 11.3 Å². The smallest absolute Gasteiger partial charge is 0.166 e. The molecule has 3 aromatic rings. The van der Waals surface area contributed by atoms with E-state index in [9.17, 15) is 0 Å². The average Bonchev–Trinajstić information content (AvgIpc) is 2.90. The van der Waals surface area contributed by atoms with E-state index in [0.29, 0.717) is 0 Å². The van der Waals surface area contributed by atoms with Gasteiger partial charge in [0.05, 0.1) is 0 Å². The van der Waals surface area contributed by atoms with Crippen LogP contribution in [0.3, 0.4) is 0 Å². The van der Waals surface area contributed by atoms with E-state index in [-0.39, 0.29) is 0 Å². The summed E-state index contributed by atoms with van der Waals surface area (Å²) in [5.41, 5.74) is 1.88. The SMILES string of the molecule is c1ccc(-c2nnc(-c3ccncc3)s2)nc1. The van der Waals surface area contributed by atoms with Gasteiger partial charge in [-0.05, 0) is 24.3 Å². The van der Waals surface area contributed by atoms with Crippen molar-refractivity contribution in [1.29, 1.82) is 0 Å². The van der Waals surface area contributed by atoms with Crippen LogP contribution in [-0.2, 0) is 0 Å². The van der Waals surface area contributed by atoms with Crippen molar-refractivity contribution in [2.75, 3.05) is 0 Å². The van der Waals surface area contributed by atoms with Gasteiger partial charge in [-0.15, -0.1) is 10.2 Å². The Bertz CT molecular complexity index is 553. The number of aromatic nitrogens is 4. The molecule has 4 nitrogen and oxygen atoms in total. The molecule has 0 aliphatic rings. The van der Waals surface area contributed by atoms with E-state index in [1.54, 1.807) is 18.6 Å². The highest BCUT2D eigenvalue weighted by molar-refractivity contribution is 7.17. The van der Waals surface area contributed by atoms with Gasteiger partial charge in [0, 0.05) is 24.2 Å². The van der Waals surface area contributed by atoms with Gasteiger partial charge in [-0.2, -0.15) is 0 Å². The van der Waals surface area contributed by atoms with Crippen molar-refractivity contribution < 1.29 is 0 Å². The number of pyridine rings is 2. The second kappa shape index (κ2) is 4.39. The Kier molecular flexibility index (Phi) is 2.59. The third-order valence-corrected chi connectivity index (χ3v) is 3.23. The van der Waals surface area contributed by atoms with E-state index in [2.05, 4.69) is 20.2 Å².